The van der Waals surface area contributed by atoms with Gasteiger partial charge >= 0.3 is 6.18 Å². The monoisotopic (exact) mass is 533 g/mol. The molecule has 2 aromatic rings. The molecule has 2 aromatic carbocycles. The van der Waals surface area contributed by atoms with Crippen molar-refractivity contribution in [2.75, 3.05) is 19.6 Å². The number of benzene rings is 2. The normalized spacial score (nSPS) is 24.1. The topological polar surface area (TPSA) is 78.5 Å². The summed E-state index contributed by atoms with van der Waals surface area (Å²) >= 11 is 0. The maximum Gasteiger partial charge on any atom is 0.416 e. The molecule has 1 saturated carbocycles. The van der Waals surface area contributed by atoms with E-state index in [9.17, 15) is 27.6 Å². The number of likely N-dealkylation sites (tertiary alicyclic amines) is 1. The largest absolute Gasteiger partial charge is 0.416 e. The summed E-state index contributed by atoms with van der Waals surface area (Å²) in [5, 5.41) is 5.24. The summed E-state index contributed by atoms with van der Waals surface area (Å²) in [7, 11) is 0. The van der Waals surface area contributed by atoms with Crippen LogP contribution in [0, 0.1) is 0 Å². The van der Waals surface area contributed by atoms with Gasteiger partial charge in [0.1, 0.15) is 5.67 Å². The fraction of sp³-hybridized carbons (Fsp3) is 0.464. The Morgan fingerprint density at radius 2 is 1.68 bits per heavy atom. The molecule has 10 heteroatoms. The first-order valence-electron chi connectivity index (χ1n) is 12.7. The highest BCUT2D eigenvalue weighted by Crippen LogP contribution is 2.42. The number of halogens is 4. The molecule has 1 heterocycles. The Balaban J connectivity index is 1.22. The number of nitrogens with zero attached hydrogens (tertiary/aromatic N) is 1. The molecular weight excluding hydrogens is 502 g/mol. The summed E-state index contributed by atoms with van der Waals surface area (Å²) in [4.78, 5) is 38.3. The molecule has 2 aliphatic rings. The molecule has 0 bridgehead atoms. The van der Waals surface area contributed by atoms with Crippen LogP contribution in [0.25, 0.3) is 0 Å². The van der Waals surface area contributed by atoms with Crippen molar-refractivity contribution in [3.63, 3.8) is 0 Å². The van der Waals surface area contributed by atoms with Crippen LogP contribution in [0.1, 0.15) is 70.9 Å². The van der Waals surface area contributed by atoms with Gasteiger partial charge in [0.25, 0.3) is 5.91 Å². The summed E-state index contributed by atoms with van der Waals surface area (Å²) in [5.74, 6) is -1.23. The van der Waals surface area contributed by atoms with Gasteiger partial charge in [0, 0.05) is 36.3 Å². The molecule has 2 fully saturated rings. The Bertz CT molecular complexity index is 1170. The van der Waals surface area contributed by atoms with Crippen molar-refractivity contribution in [1.29, 1.82) is 0 Å². The first-order valence-corrected chi connectivity index (χ1v) is 12.7. The van der Waals surface area contributed by atoms with Crippen molar-refractivity contribution in [2.45, 2.75) is 63.0 Å². The number of carbonyl (C=O) groups excluding carboxylic acids is 3. The van der Waals surface area contributed by atoms with Crippen LogP contribution in [0.2, 0.25) is 0 Å². The number of amides is 2. The van der Waals surface area contributed by atoms with E-state index in [1.807, 2.05) is 0 Å². The van der Waals surface area contributed by atoms with Gasteiger partial charge in [0.05, 0.1) is 12.1 Å². The number of hydrogen-bond acceptors (Lipinski definition) is 4. The minimum atomic E-state index is -4.56. The lowest BCUT2D eigenvalue weighted by atomic mass is 9.78. The van der Waals surface area contributed by atoms with E-state index in [1.54, 1.807) is 24.3 Å². The Morgan fingerprint density at radius 1 is 1.00 bits per heavy atom. The van der Waals surface area contributed by atoms with Crippen molar-refractivity contribution in [1.82, 2.24) is 15.5 Å². The van der Waals surface area contributed by atoms with Crippen LogP contribution in [-0.2, 0) is 16.6 Å². The minimum Gasteiger partial charge on any atom is -0.350 e. The second-order valence-electron chi connectivity index (χ2n) is 10.1. The molecule has 1 saturated heterocycles. The van der Waals surface area contributed by atoms with Gasteiger partial charge in [-0.1, -0.05) is 30.3 Å². The third-order valence-electron chi connectivity index (χ3n) is 7.52. The predicted octanol–water partition coefficient (Wildman–Crippen LogP) is 4.64. The molecule has 0 aromatic heterocycles. The lowest BCUT2D eigenvalue weighted by molar-refractivity contribution is -0.137. The first-order chi connectivity index (χ1) is 17.9. The van der Waals surface area contributed by atoms with Gasteiger partial charge in [-0.25, -0.2) is 4.39 Å². The van der Waals surface area contributed by atoms with Gasteiger partial charge < -0.3 is 10.6 Å². The second kappa shape index (κ2) is 11.2. The van der Waals surface area contributed by atoms with Gasteiger partial charge in [-0.2, -0.15) is 13.2 Å². The summed E-state index contributed by atoms with van der Waals surface area (Å²) in [5.41, 5.74) is -1.36. The molecule has 4 rings (SSSR count). The van der Waals surface area contributed by atoms with Crippen molar-refractivity contribution < 1.29 is 31.9 Å². The number of rotatable bonds is 7. The fourth-order valence-electron chi connectivity index (χ4n) is 5.33. The summed E-state index contributed by atoms with van der Waals surface area (Å²) in [6.45, 7) is 2.51. The average molecular weight is 534 g/mol. The first kappa shape index (κ1) is 27.8. The maximum atomic E-state index is 15.6. The summed E-state index contributed by atoms with van der Waals surface area (Å²) in [6, 6.07) is 10.8. The van der Waals surface area contributed by atoms with E-state index in [0.717, 1.165) is 31.2 Å². The highest BCUT2D eigenvalue weighted by molar-refractivity contribution is 5.96. The zero-order chi connectivity index (χ0) is 27.5. The highest BCUT2D eigenvalue weighted by atomic mass is 19.4. The number of carbonyl (C=O) groups is 3. The van der Waals surface area contributed by atoms with E-state index in [0.29, 0.717) is 43.4 Å². The van der Waals surface area contributed by atoms with Gasteiger partial charge in [0.2, 0.25) is 5.91 Å². The third kappa shape index (κ3) is 6.59. The van der Waals surface area contributed by atoms with Gasteiger partial charge in [0.15, 0.2) is 5.78 Å². The molecule has 2 amide bonds. The van der Waals surface area contributed by atoms with E-state index in [1.165, 1.54) is 13.0 Å². The van der Waals surface area contributed by atoms with Crippen molar-refractivity contribution in [3.8, 4) is 0 Å². The summed E-state index contributed by atoms with van der Waals surface area (Å²) in [6.07, 6.45) is -1.72. The Morgan fingerprint density at radius 3 is 2.32 bits per heavy atom. The van der Waals surface area contributed by atoms with Crippen molar-refractivity contribution >= 4 is 17.6 Å². The lowest BCUT2D eigenvalue weighted by Gasteiger charge is -2.38. The standard InChI is InChI=1S/C28H31F4N3O3/c1-18(36)19-5-7-21(8-6-19)27(29)12-9-24(10-13-27)35-14-11-23(17-35)34-25(37)16-33-26(38)20-3-2-4-22(15-20)28(30,31)32/h2-8,15,23-24H,9-14,16-17H2,1H3,(H,33,38)(H,34,37). The van der Waals surface area contributed by atoms with E-state index in [-0.39, 0.29) is 30.0 Å². The number of Topliss-reactive ketones (excluding diaryl/α,β-unsaturated/α-hetero) is 1. The van der Waals surface area contributed by atoms with Crippen LogP contribution in [0.5, 0.6) is 0 Å². The Labute approximate surface area is 218 Å². The van der Waals surface area contributed by atoms with Crippen LogP contribution < -0.4 is 10.6 Å². The van der Waals surface area contributed by atoms with Gasteiger partial charge in [-0.15, -0.1) is 0 Å². The molecule has 2 N–H and O–H groups in total. The summed E-state index contributed by atoms with van der Waals surface area (Å²) < 4.78 is 54.2. The van der Waals surface area contributed by atoms with E-state index in [4.69, 9.17) is 0 Å². The molecule has 0 radical (unpaired) electrons. The smallest absolute Gasteiger partial charge is 0.350 e. The van der Waals surface area contributed by atoms with Gasteiger partial charge in [-0.3, -0.25) is 19.3 Å². The highest BCUT2D eigenvalue weighted by Gasteiger charge is 2.40. The quantitative estimate of drug-likeness (QED) is 0.402. The fourth-order valence-corrected chi connectivity index (χ4v) is 5.33. The molecule has 1 aliphatic heterocycles. The molecule has 204 valence electrons. The molecule has 6 nitrogen and oxygen atoms in total. The van der Waals surface area contributed by atoms with Gasteiger partial charge in [-0.05, 0) is 62.8 Å². The average Bonchev–Trinajstić information content (AvgIpc) is 3.35. The Kier molecular flexibility index (Phi) is 8.20. The molecule has 1 unspecified atom stereocenters. The number of alkyl halides is 4. The number of ketones is 1. The van der Waals surface area contributed by atoms with Crippen LogP contribution in [0.3, 0.4) is 0 Å². The van der Waals surface area contributed by atoms with Crippen LogP contribution in [-0.4, -0.2) is 54.2 Å². The molecule has 0 spiro atoms. The molecule has 1 atom stereocenters. The second-order valence-corrected chi connectivity index (χ2v) is 10.1. The number of hydrogen-bond donors (Lipinski definition) is 2. The van der Waals surface area contributed by atoms with E-state index < -0.39 is 29.2 Å². The zero-order valence-corrected chi connectivity index (χ0v) is 21.1. The van der Waals surface area contributed by atoms with Crippen molar-refractivity contribution in [2.24, 2.45) is 0 Å². The van der Waals surface area contributed by atoms with E-state index in [2.05, 4.69) is 15.5 Å². The maximum absolute atomic E-state index is 15.6. The SMILES string of the molecule is CC(=O)c1ccc(C2(F)CCC(N3CCC(NC(=O)CNC(=O)c4cccc(C(F)(F)F)c4)C3)CC2)cc1. The molecular formula is C28H31F4N3O3. The van der Waals surface area contributed by atoms with E-state index >= 15 is 4.39 Å². The lowest BCUT2D eigenvalue weighted by Crippen LogP contribution is -2.45. The number of nitrogens with one attached hydrogen (secondary N) is 2. The molecule has 38 heavy (non-hydrogen) atoms. The third-order valence-corrected chi connectivity index (χ3v) is 7.52. The minimum absolute atomic E-state index is 0.0538. The molecule has 1 aliphatic carbocycles. The van der Waals surface area contributed by atoms with Crippen LogP contribution in [0.15, 0.2) is 48.5 Å². The predicted molar refractivity (Wildman–Crippen MR) is 133 cm³/mol. The van der Waals surface area contributed by atoms with Crippen LogP contribution >= 0.6 is 0 Å². The zero-order valence-electron chi connectivity index (χ0n) is 21.1. The van der Waals surface area contributed by atoms with Crippen LogP contribution in [0.4, 0.5) is 17.6 Å². The Hall–Kier alpha value is -3.27. The van der Waals surface area contributed by atoms with Crippen molar-refractivity contribution in [3.05, 3.63) is 70.8 Å².